The molecule has 2 heterocycles. The molecule has 0 aliphatic carbocycles. The van der Waals surface area contributed by atoms with Crippen LogP contribution in [0.25, 0.3) is 6.08 Å². The topological polar surface area (TPSA) is 106 Å². The summed E-state index contributed by atoms with van der Waals surface area (Å²) in [4.78, 5) is 27.5. The van der Waals surface area contributed by atoms with Gasteiger partial charge in [0.25, 0.3) is 5.91 Å². The Morgan fingerprint density at radius 2 is 1.78 bits per heavy atom. The molecule has 0 radical (unpaired) electrons. The van der Waals surface area contributed by atoms with E-state index in [-0.39, 0.29) is 28.5 Å². The van der Waals surface area contributed by atoms with Gasteiger partial charge in [-0.1, -0.05) is 46.3 Å². The number of ether oxygens (including phenoxy) is 1. The normalized spacial score (nSPS) is 15.1. The minimum atomic E-state index is -3.74. The van der Waals surface area contributed by atoms with Crippen LogP contribution in [0, 0.1) is 0 Å². The summed E-state index contributed by atoms with van der Waals surface area (Å²) in [5, 5.41) is 0. The highest BCUT2D eigenvalue weighted by molar-refractivity contribution is 9.10. The van der Waals surface area contributed by atoms with Crippen molar-refractivity contribution < 1.29 is 27.2 Å². The van der Waals surface area contributed by atoms with Gasteiger partial charge in [-0.3, -0.25) is 4.79 Å². The number of methoxy groups -OCH3 is 1. The van der Waals surface area contributed by atoms with Crippen molar-refractivity contribution in [1.82, 2.24) is 9.62 Å². The predicted molar refractivity (Wildman–Crippen MR) is 141 cm³/mol. The number of benzene rings is 2. The van der Waals surface area contributed by atoms with Gasteiger partial charge < -0.3 is 14.1 Å². The summed E-state index contributed by atoms with van der Waals surface area (Å²) in [5.74, 6) is -0.296. The first-order chi connectivity index (χ1) is 17.7. The van der Waals surface area contributed by atoms with E-state index in [4.69, 9.17) is 9.15 Å². The van der Waals surface area contributed by atoms with Gasteiger partial charge in [0.15, 0.2) is 0 Å². The first kappa shape index (κ1) is 26.6. The van der Waals surface area contributed by atoms with E-state index in [1.54, 1.807) is 36.1 Å². The number of nitrogens with zero attached hydrogens (tertiary/aromatic N) is 1. The molecule has 8 nitrogen and oxygen atoms in total. The van der Waals surface area contributed by atoms with E-state index >= 15 is 0 Å². The third-order valence-electron chi connectivity index (χ3n) is 5.90. The molecule has 1 aromatic heterocycles. The minimum Gasteiger partial charge on any atom is -0.465 e. The van der Waals surface area contributed by atoms with Gasteiger partial charge >= 0.3 is 5.97 Å². The molecule has 10 heteroatoms. The molecular weight excluding hydrogens is 560 g/mol. The zero-order chi connectivity index (χ0) is 26.6. The van der Waals surface area contributed by atoms with Crippen LogP contribution in [0.1, 0.15) is 24.0 Å². The third-order valence-corrected chi connectivity index (χ3v) is 7.84. The molecule has 192 valence electrons. The summed E-state index contributed by atoms with van der Waals surface area (Å²) < 4.78 is 39.0. The van der Waals surface area contributed by atoms with Crippen molar-refractivity contribution in [3.8, 4) is 0 Å². The number of sulfonamides is 1. The molecule has 0 atom stereocenters. The summed E-state index contributed by atoms with van der Waals surface area (Å²) in [7, 11) is -2.48. The SMILES string of the molecule is COC(=O)C1=C(C)N(CCc2ccccc2)C(=O)/C1=C/c1ccc(CNS(=O)(=O)c2ccc(Br)cc2)o1. The molecule has 2 aromatic carbocycles. The zero-order valence-corrected chi connectivity index (χ0v) is 22.6. The zero-order valence-electron chi connectivity index (χ0n) is 20.2. The number of hydrogen-bond acceptors (Lipinski definition) is 6. The van der Waals surface area contributed by atoms with Crippen molar-refractivity contribution in [3.63, 3.8) is 0 Å². The molecule has 1 aliphatic rings. The first-order valence-electron chi connectivity index (χ1n) is 11.4. The average Bonchev–Trinajstić information content (AvgIpc) is 3.44. The summed E-state index contributed by atoms with van der Waals surface area (Å²) in [6.45, 7) is 2.02. The fourth-order valence-electron chi connectivity index (χ4n) is 3.96. The van der Waals surface area contributed by atoms with Crippen LogP contribution in [-0.2, 0) is 37.3 Å². The van der Waals surface area contributed by atoms with Crippen LogP contribution < -0.4 is 4.72 Å². The fourth-order valence-corrected chi connectivity index (χ4v) is 5.21. The maximum absolute atomic E-state index is 13.3. The second-order valence-electron chi connectivity index (χ2n) is 8.28. The van der Waals surface area contributed by atoms with Gasteiger partial charge in [-0.25, -0.2) is 17.9 Å². The van der Waals surface area contributed by atoms with Gasteiger partial charge in [-0.15, -0.1) is 0 Å². The minimum absolute atomic E-state index is 0.0859. The van der Waals surface area contributed by atoms with Crippen molar-refractivity contribution in [2.45, 2.75) is 24.8 Å². The number of allylic oxidation sites excluding steroid dienone is 1. The van der Waals surface area contributed by atoms with Crippen molar-refractivity contribution in [2.24, 2.45) is 0 Å². The highest BCUT2D eigenvalue weighted by Crippen LogP contribution is 2.32. The Labute approximate surface area is 223 Å². The average molecular weight is 585 g/mol. The van der Waals surface area contributed by atoms with Gasteiger partial charge in [-0.2, -0.15) is 0 Å². The molecule has 0 fully saturated rings. The Balaban J connectivity index is 1.52. The van der Waals surface area contributed by atoms with Crippen LogP contribution in [0.5, 0.6) is 0 Å². The smallest absolute Gasteiger partial charge is 0.340 e. The second-order valence-corrected chi connectivity index (χ2v) is 11.0. The molecule has 1 amide bonds. The van der Waals surface area contributed by atoms with E-state index in [0.29, 0.717) is 30.2 Å². The van der Waals surface area contributed by atoms with Crippen LogP contribution in [-0.4, -0.2) is 38.8 Å². The van der Waals surface area contributed by atoms with Gasteiger partial charge in [0, 0.05) is 16.7 Å². The lowest BCUT2D eigenvalue weighted by molar-refractivity contribution is -0.136. The maximum Gasteiger partial charge on any atom is 0.340 e. The Bertz CT molecular complexity index is 1470. The number of carbonyl (C=O) groups excluding carboxylic acids is 2. The summed E-state index contributed by atoms with van der Waals surface area (Å²) in [5.41, 5.74) is 1.91. The van der Waals surface area contributed by atoms with E-state index in [9.17, 15) is 18.0 Å². The standard InChI is InChI=1S/C27H25BrN2O6S/c1-18-25(27(32)35-2)24(26(31)30(18)15-14-19-6-4-3-5-7-19)16-21-10-11-22(36-21)17-29-37(33,34)23-12-8-20(28)9-13-23/h3-13,16,29H,14-15,17H2,1-2H3/b24-16+. The Hall–Kier alpha value is -3.47. The Kier molecular flexibility index (Phi) is 8.11. The molecule has 4 rings (SSSR count). The number of esters is 1. The van der Waals surface area contributed by atoms with Gasteiger partial charge in [0.1, 0.15) is 11.5 Å². The second kappa shape index (κ2) is 11.3. The molecular formula is C27H25BrN2O6S. The number of rotatable bonds is 9. The van der Waals surface area contributed by atoms with E-state index < -0.39 is 16.0 Å². The van der Waals surface area contributed by atoms with Crippen LogP contribution >= 0.6 is 15.9 Å². The highest BCUT2D eigenvalue weighted by atomic mass is 79.9. The molecule has 0 spiro atoms. The van der Waals surface area contributed by atoms with Crippen LogP contribution in [0.4, 0.5) is 0 Å². The van der Waals surface area contributed by atoms with Crippen molar-refractivity contribution in [1.29, 1.82) is 0 Å². The van der Waals surface area contributed by atoms with Gasteiger partial charge in [0.05, 0.1) is 29.7 Å². The number of furan rings is 1. The highest BCUT2D eigenvalue weighted by Gasteiger charge is 2.37. The fraction of sp³-hybridized carbons (Fsp3) is 0.185. The first-order valence-corrected chi connectivity index (χ1v) is 13.7. The van der Waals surface area contributed by atoms with Gasteiger partial charge in [0.2, 0.25) is 10.0 Å². The maximum atomic E-state index is 13.3. The van der Waals surface area contributed by atoms with E-state index in [2.05, 4.69) is 20.7 Å². The molecule has 3 aromatic rings. The quantitative estimate of drug-likeness (QED) is 0.294. The van der Waals surface area contributed by atoms with Crippen molar-refractivity contribution in [2.75, 3.05) is 13.7 Å². The number of nitrogens with one attached hydrogen (secondary N) is 1. The van der Waals surface area contributed by atoms with Crippen LogP contribution in [0.3, 0.4) is 0 Å². The van der Waals surface area contributed by atoms with Crippen LogP contribution in [0.2, 0.25) is 0 Å². The molecule has 1 aliphatic heterocycles. The summed E-state index contributed by atoms with van der Waals surface area (Å²) in [6.07, 6.45) is 2.10. The third kappa shape index (κ3) is 6.10. The lowest BCUT2D eigenvalue weighted by Gasteiger charge is -2.17. The summed E-state index contributed by atoms with van der Waals surface area (Å²) in [6, 6.07) is 19.2. The van der Waals surface area contributed by atoms with Crippen LogP contribution in [0.15, 0.2) is 97.4 Å². The molecule has 0 unspecified atom stereocenters. The number of halogens is 1. The predicted octanol–water partition coefficient (Wildman–Crippen LogP) is 4.44. The molecule has 0 bridgehead atoms. The van der Waals surface area contributed by atoms with Crippen molar-refractivity contribution in [3.05, 3.63) is 105 Å². The van der Waals surface area contributed by atoms with E-state index in [1.807, 2.05) is 30.3 Å². The Morgan fingerprint density at radius 3 is 2.46 bits per heavy atom. The monoisotopic (exact) mass is 584 g/mol. The summed E-state index contributed by atoms with van der Waals surface area (Å²) >= 11 is 3.28. The largest absolute Gasteiger partial charge is 0.465 e. The molecule has 0 saturated heterocycles. The van der Waals surface area contributed by atoms with Gasteiger partial charge in [-0.05, 0) is 61.4 Å². The lowest BCUT2D eigenvalue weighted by Crippen LogP contribution is -2.27. The van der Waals surface area contributed by atoms with E-state index in [0.717, 1.165) is 10.0 Å². The number of amides is 1. The van der Waals surface area contributed by atoms with E-state index in [1.165, 1.54) is 25.3 Å². The Morgan fingerprint density at radius 1 is 1.08 bits per heavy atom. The molecule has 0 saturated carbocycles. The van der Waals surface area contributed by atoms with Crippen molar-refractivity contribution >= 4 is 43.9 Å². The molecule has 1 N–H and O–H groups in total. The lowest BCUT2D eigenvalue weighted by atomic mass is 10.1. The number of hydrogen-bond donors (Lipinski definition) is 1. The number of carbonyl (C=O) groups is 2. The molecule has 37 heavy (non-hydrogen) atoms.